The first-order valence-electron chi connectivity index (χ1n) is 12.4. The summed E-state index contributed by atoms with van der Waals surface area (Å²) in [6, 6.07) is 2.30. The molecule has 0 aromatic heterocycles. The highest BCUT2D eigenvalue weighted by atomic mass is 16.4. The average molecular weight is 488 g/mol. The quantitative estimate of drug-likeness (QED) is 0.151. The van der Waals surface area contributed by atoms with Gasteiger partial charge >= 0.3 is 5.97 Å². The number of hydrogen-bond acceptors (Lipinski definition) is 7. The fourth-order valence-electron chi connectivity index (χ4n) is 6.91. The van der Waals surface area contributed by atoms with Crippen molar-refractivity contribution in [2.75, 3.05) is 13.6 Å². The highest BCUT2D eigenvalue weighted by molar-refractivity contribution is 5.96. The first-order chi connectivity index (χ1) is 16.5. The van der Waals surface area contributed by atoms with Crippen molar-refractivity contribution in [1.29, 1.82) is 5.41 Å². The first kappa shape index (κ1) is 25.4. The van der Waals surface area contributed by atoms with Gasteiger partial charge in [-0.1, -0.05) is 12.5 Å². The highest BCUT2D eigenvalue weighted by Gasteiger charge is 2.65. The van der Waals surface area contributed by atoms with E-state index >= 15 is 0 Å². The van der Waals surface area contributed by atoms with Crippen LogP contribution >= 0.6 is 0 Å². The van der Waals surface area contributed by atoms with E-state index in [0.29, 0.717) is 69.9 Å². The average Bonchev–Trinajstić information content (AvgIpc) is 2.78. The highest BCUT2D eigenvalue weighted by Crippen LogP contribution is 2.60. The summed E-state index contributed by atoms with van der Waals surface area (Å²) in [6.45, 7) is 0.715. The number of aliphatic carboxylic acids is 1. The number of likely N-dealkylation sites (tertiary alicyclic amines) is 1. The van der Waals surface area contributed by atoms with E-state index in [0.717, 1.165) is 5.56 Å². The predicted octanol–water partition coefficient (Wildman–Crippen LogP) is 0.812. The third-order valence-electron chi connectivity index (χ3n) is 8.62. The Kier molecular flexibility index (Phi) is 6.82. The summed E-state index contributed by atoms with van der Waals surface area (Å²) in [5, 5.41) is 43.9. The molecule has 1 saturated carbocycles. The Bertz CT molecular complexity index is 1030. The van der Waals surface area contributed by atoms with Gasteiger partial charge in [0.1, 0.15) is 11.8 Å². The summed E-state index contributed by atoms with van der Waals surface area (Å²) in [7, 11) is 2.00. The number of hydrogen-bond donors (Lipinski definition) is 7. The number of nitrogens with one attached hydrogen (secondary N) is 2. The Balaban J connectivity index is 1.66. The molecule has 2 aliphatic carbocycles. The Labute approximate surface area is 205 Å². The predicted molar refractivity (Wildman–Crippen MR) is 131 cm³/mol. The SMILES string of the molecule is CN1CC[C@]23C[C@H](NC(CCCCC(=N)N)C(=O)O)CC[C@@]2(O)[C@H]1Cc1ccc(C(N)=O)c(O)c13. The molecule has 10 heteroatoms. The Hall–Kier alpha value is -2.69. The number of nitrogens with two attached hydrogens (primary N) is 2. The standard InChI is InChI=1S/C25H37N5O5/c1-30-11-10-24-13-15(29-17(23(33)34)4-2-3-5-19(26)27)8-9-25(24,35)18(30)12-14-6-7-16(22(28)32)21(31)20(14)24/h6-7,15,17-18,29,31,35H,2-5,8-13H2,1H3,(H3,26,27)(H2,28,32)(H,33,34)/t15-,17?,18-,24-,25-/m1/s1. The maximum absolute atomic E-state index is 12.2. The van der Waals surface area contributed by atoms with Crippen molar-refractivity contribution in [2.45, 2.75) is 86.9 Å². The number of nitrogens with zero attached hydrogens (tertiary/aromatic N) is 1. The van der Waals surface area contributed by atoms with E-state index in [1.165, 1.54) is 0 Å². The van der Waals surface area contributed by atoms with E-state index in [1.54, 1.807) is 6.07 Å². The number of primary amides is 1. The van der Waals surface area contributed by atoms with Crippen molar-refractivity contribution in [1.82, 2.24) is 10.2 Å². The summed E-state index contributed by atoms with van der Waals surface area (Å²) in [5.74, 6) is -1.72. The lowest BCUT2D eigenvalue weighted by Gasteiger charge is -2.64. The largest absolute Gasteiger partial charge is 0.507 e. The molecule has 1 amide bonds. The van der Waals surface area contributed by atoms with Crippen molar-refractivity contribution in [3.63, 3.8) is 0 Å². The molecule has 0 radical (unpaired) electrons. The number of aliphatic hydroxyl groups is 1. The second kappa shape index (κ2) is 9.40. The molecule has 1 unspecified atom stereocenters. The van der Waals surface area contributed by atoms with Crippen LogP contribution in [0.2, 0.25) is 0 Å². The van der Waals surface area contributed by atoms with E-state index in [-0.39, 0.29) is 29.2 Å². The van der Waals surface area contributed by atoms with Crippen LogP contribution in [0, 0.1) is 5.41 Å². The van der Waals surface area contributed by atoms with Crippen molar-refractivity contribution in [2.24, 2.45) is 11.5 Å². The van der Waals surface area contributed by atoms with Crippen molar-refractivity contribution >= 4 is 17.7 Å². The lowest BCUT2D eigenvalue weighted by Crippen LogP contribution is -2.73. The minimum absolute atomic E-state index is 0.0434. The number of piperidine rings is 1. The van der Waals surface area contributed by atoms with Gasteiger partial charge in [0.2, 0.25) is 0 Å². The van der Waals surface area contributed by atoms with Gasteiger partial charge in [0.15, 0.2) is 0 Å². The van der Waals surface area contributed by atoms with Crippen LogP contribution in [0.25, 0.3) is 0 Å². The molecule has 1 aromatic carbocycles. The third-order valence-corrected chi connectivity index (χ3v) is 8.62. The second-order valence-electron chi connectivity index (χ2n) is 10.6. The van der Waals surface area contributed by atoms with Crippen LogP contribution in [-0.2, 0) is 16.6 Å². The summed E-state index contributed by atoms with van der Waals surface area (Å²) < 4.78 is 0. The van der Waals surface area contributed by atoms with Gasteiger partial charge in [-0.25, -0.2) is 0 Å². The topological polar surface area (TPSA) is 186 Å². The molecular formula is C25H37N5O5. The van der Waals surface area contributed by atoms with Crippen LogP contribution < -0.4 is 16.8 Å². The molecule has 10 nitrogen and oxygen atoms in total. The van der Waals surface area contributed by atoms with Gasteiger partial charge in [0, 0.05) is 29.5 Å². The van der Waals surface area contributed by atoms with Crippen molar-refractivity contribution in [3.8, 4) is 5.75 Å². The number of amidine groups is 1. The number of amides is 1. The molecule has 5 atom stereocenters. The number of likely N-dealkylation sites (N-methyl/N-ethyl adjacent to an activating group) is 1. The number of phenols is 1. The van der Waals surface area contributed by atoms with Gasteiger partial charge in [0.05, 0.1) is 17.0 Å². The fraction of sp³-hybridized carbons (Fsp3) is 0.640. The summed E-state index contributed by atoms with van der Waals surface area (Å²) in [6.07, 6.45) is 4.78. The zero-order chi connectivity index (χ0) is 25.5. The van der Waals surface area contributed by atoms with Crippen LogP contribution in [0.1, 0.15) is 72.9 Å². The monoisotopic (exact) mass is 487 g/mol. The van der Waals surface area contributed by atoms with E-state index < -0.39 is 28.9 Å². The Morgan fingerprint density at radius 3 is 2.69 bits per heavy atom. The van der Waals surface area contributed by atoms with Crippen molar-refractivity contribution in [3.05, 3.63) is 28.8 Å². The van der Waals surface area contributed by atoms with Crippen LogP contribution in [0.4, 0.5) is 0 Å². The minimum Gasteiger partial charge on any atom is -0.507 e. The minimum atomic E-state index is -1.11. The number of benzene rings is 1. The van der Waals surface area contributed by atoms with Gasteiger partial charge in [-0.15, -0.1) is 0 Å². The molecule has 1 aromatic rings. The molecule has 1 heterocycles. The number of aromatic hydroxyl groups is 1. The van der Waals surface area contributed by atoms with Gasteiger partial charge < -0.3 is 37.0 Å². The maximum Gasteiger partial charge on any atom is 0.320 e. The van der Waals surface area contributed by atoms with Crippen LogP contribution in [0.5, 0.6) is 5.75 Å². The summed E-state index contributed by atoms with van der Waals surface area (Å²) in [4.78, 5) is 26.2. The van der Waals surface area contributed by atoms with E-state index in [4.69, 9.17) is 16.9 Å². The number of unbranched alkanes of at least 4 members (excludes halogenated alkanes) is 1. The van der Waals surface area contributed by atoms with E-state index in [2.05, 4.69) is 10.2 Å². The normalized spacial score (nSPS) is 30.7. The molecule has 3 aliphatic rings. The second-order valence-corrected chi connectivity index (χ2v) is 10.6. The molecule has 1 aliphatic heterocycles. The molecule has 0 spiro atoms. The first-order valence-corrected chi connectivity index (χ1v) is 12.4. The van der Waals surface area contributed by atoms with E-state index in [1.807, 2.05) is 13.1 Å². The van der Waals surface area contributed by atoms with Crippen molar-refractivity contribution < 1.29 is 24.9 Å². The summed E-state index contributed by atoms with van der Waals surface area (Å²) in [5.41, 5.74) is 10.5. The van der Waals surface area contributed by atoms with Gasteiger partial charge in [-0.05, 0) is 70.2 Å². The van der Waals surface area contributed by atoms with Crippen LogP contribution in [0.3, 0.4) is 0 Å². The number of carbonyl (C=O) groups excluding carboxylic acids is 1. The zero-order valence-corrected chi connectivity index (χ0v) is 20.2. The molecule has 35 heavy (non-hydrogen) atoms. The van der Waals surface area contributed by atoms with Gasteiger partial charge in [0.25, 0.3) is 5.91 Å². The number of fused-ring (bicyclic) bond motifs is 1. The number of rotatable bonds is 9. The smallest absolute Gasteiger partial charge is 0.320 e. The zero-order valence-electron chi connectivity index (χ0n) is 20.2. The fourth-order valence-corrected chi connectivity index (χ4v) is 6.91. The number of carboxylic acid groups (broad SMARTS) is 1. The molecule has 192 valence electrons. The lowest BCUT2D eigenvalue weighted by molar-refractivity contribution is -0.166. The van der Waals surface area contributed by atoms with Crippen LogP contribution in [-0.4, -0.2) is 75.3 Å². The van der Waals surface area contributed by atoms with Gasteiger partial charge in [-0.2, -0.15) is 0 Å². The molecule has 2 fully saturated rings. The molecular weight excluding hydrogens is 450 g/mol. The Morgan fingerprint density at radius 2 is 2.03 bits per heavy atom. The molecule has 1 saturated heterocycles. The van der Waals surface area contributed by atoms with Gasteiger partial charge in [-0.3, -0.25) is 15.0 Å². The number of carboxylic acids is 1. The lowest BCUT2D eigenvalue weighted by atomic mass is 9.48. The molecule has 4 rings (SSSR count). The summed E-state index contributed by atoms with van der Waals surface area (Å²) >= 11 is 0. The molecule has 9 N–H and O–H groups in total. The van der Waals surface area contributed by atoms with E-state index in [9.17, 15) is 24.9 Å². The Morgan fingerprint density at radius 1 is 1.29 bits per heavy atom. The molecule has 2 bridgehead atoms. The van der Waals surface area contributed by atoms with Crippen LogP contribution in [0.15, 0.2) is 12.1 Å². The number of carbonyl (C=O) groups is 2. The maximum atomic E-state index is 12.2. The third kappa shape index (κ3) is 4.28.